The lowest BCUT2D eigenvalue weighted by Gasteiger charge is -2.24. The fraction of sp³-hybridized carbons (Fsp3) is 0.0714. The molecule has 104 valence electrons. The maximum atomic E-state index is 11.9. The Bertz CT molecular complexity index is 993. The van der Waals surface area contributed by atoms with Crippen LogP contribution in [0.25, 0.3) is 22.3 Å². The van der Waals surface area contributed by atoms with Crippen molar-refractivity contribution in [1.82, 2.24) is 15.0 Å². The van der Waals surface area contributed by atoms with Gasteiger partial charge in [-0.15, -0.1) is 0 Å². The number of hydrogen-bond acceptors (Lipinski definition) is 5. The van der Waals surface area contributed by atoms with Crippen LogP contribution in [0.1, 0.15) is 11.9 Å². The molecule has 1 aromatic carbocycles. The van der Waals surface area contributed by atoms with E-state index in [0.29, 0.717) is 28.0 Å². The number of aliphatic hydroxyl groups excluding tert-OH is 1. The number of benzene rings is 1. The first-order chi connectivity index (χ1) is 10.1. The molecule has 1 atom stereocenters. The van der Waals surface area contributed by atoms with Gasteiger partial charge in [-0.05, 0) is 30.4 Å². The molecule has 0 amide bonds. The van der Waals surface area contributed by atoms with E-state index in [-0.39, 0.29) is 10.3 Å². The lowest BCUT2D eigenvalue weighted by Crippen LogP contribution is -2.17. The summed E-state index contributed by atoms with van der Waals surface area (Å²) in [5, 5.41) is 10.4. The van der Waals surface area contributed by atoms with Gasteiger partial charge in [-0.2, -0.15) is 0 Å². The lowest BCUT2D eigenvalue weighted by atomic mass is 10.0. The highest BCUT2D eigenvalue weighted by Gasteiger charge is 2.26. The molecule has 4 rings (SSSR count). The van der Waals surface area contributed by atoms with Crippen molar-refractivity contribution < 1.29 is 9.84 Å². The summed E-state index contributed by atoms with van der Waals surface area (Å²) in [5.74, 6) is 0.549. The number of hydrogen-bond donors (Lipinski definition) is 3. The van der Waals surface area contributed by atoms with Crippen molar-refractivity contribution in [3.8, 4) is 17.0 Å². The molecular formula is C14H9N3O3S. The zero-order chi connectivity index (χ0) is 14.6. The van der Waals surface area contributed by atoms with Gasteiger partial charge in [0.1, 0.15) is 11.4 Å². The number of aromatic amines is 2. The number of aliphatic hydroxyl groups is 1. The Kier molecular flexibility index (Phi) is 2.47. The van der Waals surface area contributed by atoms with Gasteiger partial charge in [0.2, 0.25) is 6.29 Å². The van der Waals surface area contributed by atoms with Crippen LogP contribution in [0.2, 0.25) is 0 Å². The molecule has 3 N–H and O–H groups in total. The van der Waals surface area contributed by atoms with Gasteiger partial charge in [-0.25, -0.2) is 4.98 Å². The van der Waals surface area contributed by atoms with Gasteiger partial charge in [0.15, 0.2) is 4.77 Å². The van der Waals surface area contributed by atoms with E-state index in [1.165, 1.54) is 0 Å². The number of nitrogens with one attached hydrogen (secondary N) is 2. The highest BCUT2D eigenvalue weighted by atomic mass is 32.1. The van der Waals surface area contributed by atoms with Crippen LogP contribution in [-0.4, -0.2) is 20.1 Å². The molecule has 0 spiro atoms. The molecule has 0 aliphatic carbocycles. The summed E-state index contributed by atoms with van der Waals surface area (Å²) < 4.78 is 5.65. The molecule has 0 bridgehead atoms. The quantitative estimate of drug-likeness (QED) is 0.552. The zero-order valence-electron chi connectivity index (χ0n) is 10.6. The Hall–Kier alpha value is -2.51. The van der Waals surface area contributed by atoms with Crippen molar-refractivity contribution >= 4 is 23.3 Å². The third-order valence-electron chi connectivity index (χ3n) is 3.40. The van der Waals surface area contributed by atoms with Gasteiger partial charge < -0.3 is 14.8 Å². The Balaban J connectivity index is 2.14. The van der Waals surface area contributed by atoms with Crippen LogP contribution in [0.3, 0.4) is 0 Å². The average molecular weight is 299 g/mol. The van der Waals surface area contributed by atoms with Crippen LogP contribution in [-0.2, 0) is 0 Å². The van der Waals surface area contributed by atoms with Crippen molar-refractivity contribution in [2.45, 2.75) is 6.29 Å². The van der Waals surface area contributed by atoms with E-state index in [1.807, 2.05) is 18.2 Å². The number of para-hydroxylation sites is 1. The predicted molar refractivity (Wildman–Crippen MR) is 78.6 cm³/mol. The molecule has 0 saturated heterocycles. The third-order valence-corrected chi connectivity index (χ3v) is 3.61. The summed E-state index contributed by atoms with van der Waals surface area (Å²) in [4.78, 5) is 21.7. The summed E-state index contributed by atoms with van der Waals surface area (Å²) in [7, 11) is 0. The monoisotopic (exact) mass is 299 g/mol. The third kappa shape index (κ3) is 1.78. The molecule has 3 heterocycles. The molecule has 1 aliphatic heterocycles. The second-order valence-electron chi connectivity index (χ2n) is 4.70. The van der Waals surface area contributed by atoms with E-state index < -0.39 is 6.29 Å². The molecule has 0 fully saturated rings. The fourth-order valence-electron chi connectivity index (χ4n) is 2.46. The van der Waals surface area contributed by atoms with E-state index >= 15 is 0 Å². The van der Waals surface area contributed by atoms with Gasteiger partial charge in [0.05, 0.1) is 11.1 Å². The van der Waals surface area contributed by atoms with Crippen molar-refractivity contribution in [1.29, 1.82) is 0 Å². The first-order valence-corrected chi connectivity index (χ1v) is 6.66. The largest absolute Gasteiger partial charge is 0.460 e. The van der Waals surface area contributed by atoms with E-state index in [4.69, 9.17) is 17.0 Å². The van der Waals surface area contributed by atoms with Crippen molar-refractivity contribution in [3.63, 3.8) is 0 Å². The zero-order valence-corrected chi connectivity index (χ0v) is 11.4. The van der Waals surface area contributed by atoms with E-state index in [9.17, 15) is 9.90 Å². The second-order valence-corrected chi connectivity index (χ2v) is 5.11. The number of fused-ring (bicyclic) bond motifs is 4. The SMILES string of the molecule is O=c1[nH]c(=S)[nH]c2nc3c(cc12)C(O)Oc1ccccc1-3. The number of ether oxygens (including phenoxy) is 1. The molecule has 1 aliphatic rings. The topological polar surface area (TPSA) is 91.0 Å². The number of pyridine rings is 1. The summed E-state index contributed by atoms with van der Waals surface area (Å²) in [5.41, 5.74) is 1.83. The summed E-state index contributed by atoms with van der Waals surface area (Å²) in [6.07, 6.45) is -1.16. The summed E-state index contributed by atoms with van der Waals surface area (Å²) >= 11 is 4.96. The minimum Gasteiger partial charge on any atom is -0.460 e. The minimum absolute atomic E-state index is 0.209. The Morgan fingerprint density at radius 3 is 2.95 bits per heavy atom. The minimum atomic E-state index is -1.16. The van der Waals surface area contributed by atoms with Crippen LogP contribution in [0.15, 0.2) is 35.1 Å². The first kappa shape index (κ1) is 12.2. The highest BCUT2D eigenvalue weighted by Crippen LogP contribution is 2.40. The molecule has 2 aromatic heterocycles. The van der Waals surface area contributed by atoms with E-state index in [1.54, 1.807) is 12.1 Å². The molecule has 7 heteroatoms. The first-order valence-electron chi connectivity index (χ1n) is 6.25. The molecule has 1 unspecified atom stereocenters. The number of H-pyrrole nitrogens is 2. The van der Waals surface area contributed by atoms with Gasteiger partial charge in [0, 0.05) is 11.1 Å². The van der Waals surface area contributed by atoms with Gasteiger partial charge in [-0.3, -0.25) is 9.78 Å². The number of rotatable bonds is 0. The van der Waals surface area contributed by atoms with E-state index in [0.717, 1.165) is 5.56 Å². The second kappa shape index (κ2) is 4.24. The van der Waals surface area contributed by atoms with Gasteiger partial charge >= 0.3 is 0 Å². The maximum absolute atomic E-state index is 11.9. The highest BCUT2D eigenvalue weighted by molar-refractivity contribution is 7.71. The van der Waals surface area contributed by atoms with Crippen molar-refractivity contribution in [2.24, 2.45) is 0 Å². The molecule has 21 heavy (non-hydrogen) atoms. The predicted octanol–water partition coefficient (Wildman–Crippen LogP) is 2.03. The Morgan fingerprint density at radius 1 is 1.29 bits per heavy atom. The summed E-state index contributed by atoms with van der Waals surface area (Å²) in [6, 6.07) is 8.85. The lowest BCUT2D eigenvalue weighted by molar-refractivity contribution is -0.0215. The molecule has 0 saturated carbocycles. The van der Waals surface area contributed by atoms with Crippen LogP contribution in [0.5, 0.6) is 5.75 Å². The van der Waals surface area contributed by atoms with Crippen LogP contribution < -0.4 is 10.3 Å². The average Bonchev–Trinajstić information content (AvgIpc) is 2.46. The number of nitrogens with zero attached hydrogens (tertiary/aromatic N) is 1. The molecular weight excluding hydrogens is 290 g/mol. The fourth-order valence-corrected chi connectivity index (χ4v) is 2.65. The number of aromatic nitrogens is 3. The molecule has 0 radical (unpaired) electrons. The smallest absolute Gasteiger partial charge is 0.261 e. The normalized spacial score (nSPS) is 16.1. The molecule has 6 nitrogen and oxygen atoms in total. The standard InChI is InChI=1S/C14H9N3O3S/c18-12-8-5-7-10(15-11(8)16-14(21)17-12)6-3-1-2-4-9(6)20-13(7)19/h1-5,13,19H,(H2,15,16,17,18,21). The summed E-state index contributed by atoms with van der Waals surface area (Å²) in [6.45, 7) is 0. The van der Waals surface area contributed by atoms with Crippen LogP contribution in [0.4, 0.5) is 0 Å². The van der Waals surface area contributed by atoms with Crippen LogP contribution >= 0.6 is 12.2 Å². The van der Waals surface area contributed by atoms with Gasteiger partial charge in [0.25, 0.3) is 5.56 Å². The van der Waals surface area contributed by atoms with E-state index in [2.05, 4.69) is 15.0 Å². The van der Waals surface area contributed by atoms with Crippen LogP contribution in [0, 0.1) is 4.77 Å². The molecule has 3 aromatic rings. The van der Waals surface area contributed by atoms with Crippen molar-refractivity contribution in [2.75, 3.05) is 0 Å². The Labute approximate surface area is 123 Å². The maximum Gasteiger partial charge on any atom is 0.261 e. The Morgan fingerprint density at radius 2 is 2.10 bits per heavy atom. The van der Waals surface area contributed by atoms with Gasteiger partial charge in [-0.1, -0.05) is 12.1 Å². The van der Waals surface area contributed by atoms with Crippen molar-refractivity contribution in [3.05, 3.63) is 51.0 Å².